The quantitative estimate of drug-likeness (QED) is 0.297. The number of amides is 1. The van der Waals surface area contributed by atoms with Crippen molar-refractivity contribution in [3.05, 3.63) is 71.6 Å². The Bertz CT molecular complexity index is 1400. The van der Waals surface area contributed by atoms with Gasteiger partial charge in [0.2, 0.25) is 5.91 Å². The normalized spacial score (nSPS) is 16.8. The fourth-order valence-corrected chi connectivity index (χ4v) is 8.42. The molecule has 0 bridgehead atoms. The molecule has 1 aliphatic rings. The fraction of sp³-hybridized carbons (Fsp3) is 0.250. The molecule has 1 saturated heterocycles. The van der Waals surface area contributed by atoms with E-state index in [0.29, 0.717) is 31.1 Å². The molecule has 6 nitrogen and oxygen atoms in total. The van der Waals surface area contributed by atoms with E-state index in [1.807, 2.05) is 48.7 Å². The lowest BCUT2D eigenvalue weighted by Crippen LogP contribution is -2.47. The van der Waals surface area contributed by atoms with Crippen LogP contribution >= 0.6 is 34.4 Å². The van der Waals surface area contributed by atoms with Gasteiger partial charge < -0.3 is 0 Å². The first-order valence-corrected chi connectivity index (χ1v) is 15.2. The summed E-state index contributed by atoms with van der Waals surface area (Å²) in [5, 5.41) is 2.33. The Morgan fingerprint density at radius 2 is 2.00 bits per heavy atom. The number of thioether (sulfide) groups is 1. The number of carbonyl (C=O) groups is 1. The molecule has 0 radical (unpaired) electrons. The van der Waals surface area contributed by atoms with Gasteiger partial charge in [0.15, 0.2) is 5.13 Å². The lowest BCUT2D eigenvalue weighted by atomic mass is 10.1. The molecule has 2 aromatic carbocycles. The Labute approximate surface area is 211 Å². The molecule has 10 heteroatoms. The van der Waals surface area contributed by atoms with Crippen molar-refractivity contribution in [2.75, 3.05) is 17.7 Å². The van der Waals surface area contributed by atoms with Crippen LogP contribution in [0.2, 0.25) is 0 Å². The van der Waals surface area contributed by atoms with Crippen molar-refractivity contribution < 1.29 is 13.2 Å². The Morgan fingerprint density at radius 1 is 1.18 bits per heavy atom. The number of anilines is 1. The highest BCUT2D eigenvalue weighted by atomic mass is 32.2. The van der Waals surface area contributed by atoms with Gasteiger partial charge >= 0.3 is 0 Å². The molecule has 0 saturated carbocycles. The van der Waals surface area contributed by atoms with Gasteiger partial charge in [0.05, 0.1) is 16.8 Å². The standard InChI is InChI=1S/C24H23N3O3S4/c1-31-18-11-12-19-21(15-18)33-24(25-19)26(16-17-7-3-2-4-8-17)23(28)20-9-5-13-27(20)34(29,30)22-10-6-14-32-22/h2-4,6-8,10-12,14-15,20H,5,9,13,16H2,1H3. The number of hydrogen-bond donors (Lipinski definition) is 0. The highest BCUT2D eigenvalue weighted by Crippen LogP contribution is 2.35. The summed E-state index contributed by atoms with van der Waals surface area (Å²) in [6.45, 7) is 0.672. The van der Waals surface area contributed by atoms with Crippen LogP contribution in [0.3, 0.4) is 0 Å². The predicted octanol–water partition coefficient (Wildman–Crippen LogP) is 5.47. The van der Waals surface area contributed by atoms with Crippen molar-refractivity contribution in [1.29, 1.82) is 0 Å². The third-order valence-electron chi connectivity index (χ3n) is 5.81. The van der Waals surface area contributed by atoms with E-state index in [4.69, 9.17) is 4.98 Å². The van der Waals surface area contributed by atoms with E-state index in [2.05, 4.69) is 6.07 Å². The minimum atomic E-state index is -3.73. The van der Waals surface area contributed by atoms with Gasteiger partial charge in [-0.3, -0.25) is 9.69 Å². The molecule has 3 heterocycles. The Hall–Kier alpha value is -2.24. The largest absolute Gasteiger partial charge is 0.282 e. The van der Waals surface area contributed by atoms with Gasteiger partial charge in [-0.25, -0.2) is 13.4 Å². The van der Waals surface area contributed by atoms with Gasteiger partial charge in [-0.1, -0.05) is 47.7 Å². The smallest absolute Gasteiger partial charge is 0.253 e. The number of carbonyl (C=O) groups excluding carboxylic acids is 1. The van der Waals surface area contributed by atoms with E-state index in [1.54, 1.807) is 34.2 Å². The number of aromatic nitrogens is 1. The number of hydrogen-bond acceptors (Lipinski definition) is 7. The second kappa shape index (κ2) is 9.79. The molecule has 4 aromatic rings. The van der Waals surface area contributed by atoms with Gasteiger partial charge in [-0.15, -0.1) is 23.1 Å². The van der Waals surface area contributed by atoms with Gasteiger partial charge in [0.25, 0.3) is 10.0 Å². The molecule has 1 atom stereocenters. The van der Waals surface area contributed by atoms with Crippen molar-refractivity contribution in [1.82, 2.24) is 9.29 Å². The van der Waals surface area contributed by atoms with Crippen LogP contribution in [0.5, 0.6) is 0 Å². The maximum absolute atomic E-state index is 14.0. The van der Waals surface area contributed by atoms with Crippen molar-refractivity contribution in [3.63, 3.8) is 0 Å². The van der Waals surface area contributed by atoms with Gasteiger partial charge in [-0.2, -0.15) is 4.31 Å². The SMILES string of the molecule is CSc1ccc2nc(N(Cc3ccccc3)C(=O)C3CCCN3S(=O)(=O)c3cccs3)sc2c1. The van der Waals surface area contributed by atoms with Crippen molar-refractivity contribution >= 4 is 65.7 Å². The summed E-state index contributed by atoms with van der Waals surface area (Å²) in [5.74, 6) is -0.231. The summed E-state index contributed by atoms with van der Waals surface area (Å²) >= 11 is 4.30. The topological polar surface area (TPSA) is 70.6 Å². The zero-order valence-electron chi connectivity index (χ0n) is 18.5. The first kappa shape index (κ1) is 23.5. The molecule has 34 heavy (non-hydrogen) atoms. The molecular weight excluding hydrogens is 507 g/mol. The van der Waals surface area contributed by atoms with Crippen LogP contribution in [0.4, 0.5) is 5.13 Å². The van der Waals surface area contributed by atoms with E-state index in [0.717, 1.165) is 20.7 Å². The molecular formula is C24H23N3O3S4. The number of sulfonamides is 1. The second-order valence-corrected chi connectivity index (χ2v) is 12.9. The Kier molecular flexibility index (Phi) is 6.76. The average molecular weight is 530 g/mol. The average Bonchev–Trinajstić information content (AvgIpc) is 3.62. The number of rotatable bonds is 7. The van der Waals surface area contributed by atoms with Gasteiger partial charge in [0.1, 0.15) is 10.3 Å². The summed E-state index contributed by atoms with van der Waals surface area (Å²) in [5.41, 5.74) is 1.80. The molecule has 176 valence electrons. The van der Waals surface area contributed by atoms with Crippen LogP contribution in [0.25, 0.3) is 10.2 Å². The van der Waals surface area contributed by atoms with Crippen LogP contribution < -0.4 is 4.90 Å². The van der Waals surface area contributed by atoms with Crippen LogP contribution in [-0.4, -0.2) is 42.5 Å². The second-order valence-electron chi connectivity index (χ2n) is 7.95. The Morgan fingerprint density at radius 3 is 2.74 bits per heavy atom. The summed E-state index contributed by atoms with van der Waals surface area (Å²) in [6, 6.07) is 18.4. The van der Waals surface area contributed by atoms with Crippen LogP contribution in [0, 0.1) is 0 Å². The third-order valence-corrected chi connectivity index (χ3v) is 10.9. The highest BCUT2D eigenvalue weighted by Gasteiger charge is 2.42. The molecule has 5 rings (SSSR count). The van der Waals surface area contributed by atoms with E-state index in [1.165, 1.54) is 27.0 Å². The zero-order chi connectivity index (χ0) is 23.7. The molecule has 0 N–H and O–H groups in total. The number of benzene rings is 2. The van der Waals surface area contributed by atoms with E-state index >= 15 is 0 Å². The van der Waals surface area contributed by atoms with Crippen LogP contribution in [-0.2, 0) is 21.4 Å². The molecule has 1 fully saturated rings. The maximum atomic E-state index is 14.0. The summed E-state index contributed by atoms with van der Waals surface area (Å²) < 4.78 is 29.2. The van der Waals surface area contributed by atoms with Crippen molar-refractivity contribution in [2.24, 2.45) is 0 Å². The lowest BCUT2D eigenvalue weighted by Gasteiger charge is -2.28. The summed E-state index contributed by atoms with van der Waals surface area (Å²) in [6.07, 6.45) is 3.17. The molecule has 2 aromatic heterocycles. The molecule has 0 spiro atoms. The molecule has 0 aliphatic carbocycles. The predicted molar refractivity (Wildman–Crippen MR) is 140 cm³/mol. The number of fused-ring (bicyclic) bond motifs is 1. The van der Waals surface area contributed by atoms with Crippen molar-refractivity contribution in [3.8, 4) is 0 Å². The van der Waals surface area contributed by atoms with E-state index in [-0.39, 0.29) is 10.1 Å². The molecule has 1 amide bonds. The Balaban J connectivity index is 1.53. The van der Waals surface area contributed by atoms with Crippen LogP contribution in [0.1, 0.15) is 18.4 Å². The number of thiophene rings is 1. The number of thiazole rings is 1. The van der Waals surface area contributed by atoms with Crippen LogP contribution in [0.15, 0.2) is 75.1 Å². The zero-order valence-corrected chi connectivity index (χ0v) is 21.7. The minimum Gasteiger partial charge on any atom is -0.282 e. The van der Waals surface area contributed by atoms with Gasteiger partial charge in [0, 0.05) is 11.4 Å². The summed E-state index contributed by atoms with van der Waals surface area (Å²) in [7, 11) is -3.73. The fourth-order valence-electron chi connectivity index (χ4n) is 4.12. The monoisotopic (exact) mass is 529 g/mol. The lowest BCUT2D eigenvalue weighted by molar-refractivity contribution is -0.121. The third kappa shape index (κ3) is 4.52. The maximum Gasteiger partial charge on any atom is 0.253 e. The van der Waals surface area contributed by atoms with E-state index < -0.39 is 16.1 Å². The highest BCUT2D eigenvalue weighted by molar-refractivity contribution is 7.98. The molecule has 1 aliphatic heterocycles. The summed E-state index contributed by atoms with van der Waals surface area (Å²) in [4.78, 5) is 21.5. The first-order valence-electron chi connectivity index (χ1n) is 10.8. The first-order chi connectivity index (χ1) is 16.5. The van der Waals surface area contributed by atoms with Crippen molar-refractivity contribution in [2.45, 2.75) is 34.5 Å². The number of nitrogens with zero attached hydrogens (tertiary/aromatic N) is 3. The van der Waals surface area contributed by atoms with E-state index in [9.17, 15) is 13.2 Å². The van der Waals surface area contributed by atoms with Gasteiger partial charge in [-0.05, 0) is 54.3 Å². The molecule has 1 unspecified atom stereocenters. The minimum absolute atomic E-state index is 0.231.